The molecule has 7 rings (SSSR count). The smallest absolute Gasteiger partial charge is 0.306 e. The summed E-state index contributed by atoms with van der Waals surface area (Å²) in [5, 5.41) is 18.1. The Kier molecular flexibility index (Phi) is 5.00. The van der Waals surface area contributed by atoms with Crippen LogP contribution in [0.2, 0.25) is 0 Å². The van der Waals surface area contributed by atoms with Gasteiger partial charge in [-0.25, -0.2) is 0 Å². The van der Waals surface area contributed by atoms with Crippen molar-refractivity contribution in [1.82, 2.24) is 10.2 Å². The topological polar surface area (TPSA) is 140 Å². The number of amides is 1. The van der Waals surface area contributed by atoms with Crippen molar-refractivity contribution in [3.63, 3.8) is 0 Å². The highest BCUT2D eigenvalue weighted by Gasteiger charge is 2.79. The second kappa shape index (κ2) is 7.65. The van der Waals surface area contributed by atoms with E-state index in [4.69, 9.17) is 10.2 Å². The summed E-state index contributed by atoms with van der Waals surface area (Å²) < 4.78 is 5.77. The number of aromatic nitrogens is 2. The highest BCUT2D eigenvalue weighted by atomic mass is 16.4. The van der Waals surface area contributed by atoms with Gasteiger partial charge in [0.2, 0.25) is 5.89 Å². The van der Waals surface area contributed by atoms with Gasteiger partial charge >= 0.3 is 11.8 Å². The number of carbonyl (C=O) groups excluding carboxylic acids is 3. The molecule has 0 radical (unpaired) electrons. The molecule has 4 fully saturated rings. The van der Waals surface area contributed by atoms with Crippen LogP contribution in [0.4, 0.5) is 0 Å². The molecule has 8 heteroatoms. The molecule has 1 aromatic rings. The fraction of sp³-hybridized carbons (Fsp3) is 0.697. The molecule has 6 aliphatic rings. The van der Waals surface area contributed by atoms with E-state index < -0.39 is 22.2 Å². The fourth-order valence-electron chi connectivity index (χ4n) is 11.4. The van der Waals surface area contributed by atoms with Crippen molar-refractivity contribution in [3.8, 4) is 6.07 Å². The number of hydrogen-bond donors (Lipinski definition) is 1. The normalized spacial score (nSPS) is 47.3. The van der Waals surface area contributed by atoms with Gasteiger partial charge < -0.3 is 10.2 Å². The van der Waals surface area contributed by atoms with Crippen LogP contribution in [-0.2, 0) is 15.0 Å². The molecule has 2 N–H and O–H groups in total. The zero-order chi connectivity index (χ0) is 29.5. The fourth-order valence-corrected chi connectivity index (χ4v) is 11.4. The number of ketones is 2. The number of primary amides is 1. The van der Waals surface area contributed by atoms with Crippen LogP contribution < -0.4 is 5.73 Å². The van der Waals surface area contributed by atoms with E-state index in [2.05, 4.69) is 44.0 Å². The van der Waals surface area contributed by atoms with Crippen molar-refractivity contribution >= 4 is 17.5 Å². The summed E-state index contributed by atoms with van der Waals surface area (Å²) in [5.74, 6) is 0.221. The monoisotopic (exact) mass is 556 g/mol. The van der Waals surface area contributed by atoms with Crippen LogP contribution in [0.5, 0.6) is 0 Å². The molecule has 6 aliphatic carbocycles. The zero-order valence-electron chi connectivity index (χ0n) is 25.0. The minimum absolute atomic E-state index is 0.0347. The first-order valence-electron chi connectivity index (χ1n) is 15.2. The maximum atomic E-state index is 14.5. The van der Waals surface area contributed by atoms with Gasteiger partial charge in [-0.15, -0.1) is 10.2 Å². The lowest BCUT2D eigenvalue weighted by molar-refractivity contribution is -0.148. The molecule has 0 aromatic carbocycles. The summed E-state index contributed by atoms with van der Waals surface area (Å²) in [4.78, 5) is 39.5. The standard InChI is InChI=1S/C33H40N4O4/c1-28(2)21-7-8-32(6)22(31(21,5)12-17(16-34)24(28)39)11-20(38)23-19-15-30(4,27-37-36-26(41-27)25(35)40)10-9-29(19,3)13-18-14-33(18,23)32/h11-12,18-19,21,23H,7-10,13-15H2,1-6H3,(H2,35,40)/t18?,19-,21?,23?,29+,30?,31-,32+,33?/m0/s1. The summed E-state index contributed by atoms with van der Waals surface area (Å²) in [5.41, 5.74) is 4.87. The molecular weight excluding hydrogens is 516 g/mol. The third-order valence-corrected chi connectivity index (χ3v) is 13.5. The number of hydrogen-bond acceptors (Lipinski definition) is 7. The molecule has 0 bridgehead atoms. The van der Waals surface area contributed by atoms with Crippen LogP contribution in [-0.4, -0.2) is 27.7 Å². The van der Waals surface area contributed by atoms with Gasteiger partial charge in [-0.3, -0.25) is 14.4 Å². The molecule has 1 amide bonds. The van der Waals surface area contributed by atoms with E-state index in [9.17, 15) is 19.6 Å². The van der Waals surface area contributed by atoms with Crippen LogP contribution in [0, 0.1) is 62.1 Å². The maximum absolute atomic E-state index is 14.5. The number of nitrogens with zero attached hydrogens (tertiary/aromatic N) is 3. The predicted octanol–water partition coefficient (Wildman–Crippen LogP) is 5.25. The first kappa shape index (κ1) is 26.8. The van der Waals surface area contributed by atoms with Gasteiger partial charge in [-0.2, -0.15) is 5.26 Å². The number of nitrogens with two attached hydrogens (primary N) is 1. The van der Waals surface area contributed by atoms with Crippen molar-refractivity contribution in [2.45, 2.75) is 91.9 Å². The van der Waals surface area contributed by atoms with Crippen LogP contribution in [0.15, 0.2) is 27.7 Å². The van der Waals surface area contributed by atoms with Crippen molar-refractivity contribution in [2.24, 2.45) is 56.5 Å². The van der Waals surface area contributed by atoms with Crippen LogP contribution in [0.3, 0.4) is 0 Å². The van der Waals surface area contributed by atoms with Crippen molar-refractivity contribution in [3.05, 3.63) is 35.1 Å². The van der Waals surface area contributed by atoms with E-state index in [1.807, 2.05) is 26.0 Å². The number of Topliss-reactive ketones (excluding diaryl/α,β-unsaturated/α-hetero) is 1. The Morgan fingerprint density at radius 1 is 1.05 bits per heavy atom. The van der Waals surface area contributed by atoms with Gasteiger partial charge in [0.1, 0.15) is 6.07 Å². The molecule has 8 nitrogen and oxygen atoms in total. The number of carbonyl (C=O) groups is 3. The third-order valence-electron chi connectivity index (χ3n) is 13.5. The first-order chi connectivity index (χ1) is 19.1. The molecule has 9 atom stereocenters. The Balaban J connectivity index is 1.34. The van der Waals surface area contributed by atoms with Gasteiger partial charge in [0.25, 0.3) is 0 Å². The molecule has 1 aromatic heterocycles. The van der Waals surface area contributed by atoms with Gasteiger partial charge in [0.15, 0.2) is 11.6 Å². The molecule has 1 spiro atoms. The molecule has 1 heterocycles. The quantitative estimate of drug-likeness (QED) is 0.525. The zero-order valence-corrected chi connectivity index (χ0v) is 25.0. The van der Waals surface area contributed by atoms with E-state index in [1.54, 1.807) is 0 Å². The first-order valence-corrected chi connectivity index (χ1v) is 15.2. The minimum Gasteiger partial charge on any atom is -0.416 e. The number of rotatable bonds is 2. The Labute approximate surface area is 241 Å². The number of nitriles is 1. The largest absolute Gasteiger partial charge is 0.416 e. The van der Waals surface area contributed by atoms with Gasteiger partial charge in [-0.05, 0) is 85.0 Å². The number of fused-ring (bicyclic) bond motifs is 5. The summed E-state index contributed by atoms with van der Waals surface area (Å²) in [6, 6.07) is 2.19. The van der Waals surface area contributed by atoms with E-state index in [0.29, 0.717) is 11.8 Å². The molecule has 4 saturated carbocycles. The molecule has 216 valence electrons. The number of allylic oxidation sites excluding steroid dienone is 4. The van der Waals surface area contributed by atoms with Crippen LogP contribution in [0.25, 0.3) is 0 Å². The second-order valence-corrected chi connectivity index (χ2v) is 15.8. The Bertz CT molecular complexity index is 1550. The van der Waals surface area contributed by atoms with Gasteiger partial charge in [0, 0.05) is 22.2 Å². The lowest BCUT2D eigenvalue weighted by Crippen LogP contribution is -2.61. The lowest BCUT2D eigenvalue weighted by atomic mass is 9.37. The van der Waals surface area contributed by atoms with Crippen molar-refractivity contribution < 1.29 is 18.8 Å². The highest BCUT2D eigenvalue weighted by Crippen LogP contribution is 2.84. The summed E-state index contributed by atoms with van der Waals surface area (Å²) in [6.07, 6.45) is 10.4. The van der Waals surface area contributed by atoms with Crippen molar-refractivity contribution in [1.29, 1.82) is 5.26 Å². The highest BCUT2D eigenvalue weighted by molar-refractivity contribution is 6.04. The predicted molar refractivity (Wildman–Crippen MR) is 149 cm³/mol. The molecule has 41 heavy (non-hydrogen) atoms. The maximum Gasteiger partial charge on any atom is 0.306 e. The molecule has 5 unspecified atom stereocenters. The van der Waals surface area contributed by atoms with Crippen LogP contribution in [0.1, 0.15) is 103 Å². The average molecular weight is 557 g/mol. The Morgan fingerprint density at radius 3 is 2.44 bits per heavy atom. The van der Waals surface area contributed by atoms with E-state index in [0.717, 1.165) is 50.5 Å². The lowest BCUT2D eigenvalue weighted by Gasteiger charge is -2.65. The summed E-state index contributed by atoms with van der Waals surface area (Å²) >= 11 is 0. The average Bonchev–Trinajstić information content (AvgIpc) is 3.37. The third kappa shape index (κ3) is 3.03. The van der Waals surface area contributed by atoms with E-state index in [1.165, 1.54) is 0 Å². The van der Waals surface area contributed by atoms with Gasteiger partial charge in [0.05, 0.1) is 5.57 Å². The van der Waals surface area contributed by atoms with E-state index in [-0.39, 0.29) is 57.0 Å². The van der Waals surface area contributed by atoms with Crippen molar-refractivity contribution in [2.75, 3.05) is 0 Å². The Hall–Kier alpha value is -3.08. The Morgan fingerprint density at radius 2 is 1.78 bits per heavy atom. The molecule has 0 aliphatic heterocycles. The SMILES string of the molecule is CC1(c2nnc(C(N)=O)o2)CC[C@]2(C)CC3CC34C(C(=O)C=C3[C@@]5(C)C=C(C#N)C(=O)C(C)(C)C5CC[C@]34C)[C@@H]2C1. The van der Waals surface area contributed by atoms with Crippen LogP contribution >= 0.6 is 0 Å². The molecular formula is C33H40N4O4. The minimum atomic E-state index is -0.733. The summed E-state index contributed by atoms with van der Waals surface area (Å²) in [6.45, 7) is 13.0. The molecule has 0 saturated heterocycles. The second-order valence-electron chi connectivity index (χ2n) is 15.8. The summed E-state index contributed by atoms with van der Waals surface area (Å²) in [7, 11) is 0. The van der Waals surface area contributed by atoms with E-state index >= 15 is 0 Å². The van der Waals surface area contributed by atoms with Gasteiger partial charge in [-0.1, -0.05) is 53.2 Å².